The first-order valence-corrected chi connectivity index (χ1v) is 7.05. The van der Waals surface area contributed by atoms with Gasteiger partial charge in [-0.2, -0.15) is 11.8 Å². The Morgan fingerprint density at radius 1 is 1.50 bits per heavy atom. The van der Waals surface area contributed by atoms with Crippen molar-refractivity contribution in [3.63, 3.8) is 0 Å². The number of hydrogen-bond acceptors (Lipinski definition) is 4. The molecule has 0 atom stereocenters. The summed E-state index contributed by atoms with van der Waals surface area (Å²) in [6, 6.07) is 7.97. The molecule has 0 saturated heterocycles. The van der Waals surface area contributed by atoms with Crippen LogP contribution in [0.1, 0.15) is 5.82 Å². The van der Waals surface area contributed by atoms with Crippen LogP contribution in [0.3, 0.4) is 0 Å². The average Bonchev–Trinajstić information content (AvgIpc) is 2.73. The van der Waals surface area contributed by atoms with Crippen molar-refractivity contribution in [1.29, 1.82) is 0 Å². The van der Waals surface area contributed by atoms with E-state index in [1.165, 1.54) is 0 Å². The van der Waals surface area contributed by atoms with Gasteiger partial charge in [0.1, 0.15) is 11.7 Å². The fourth-order valence-corrected chi connectivity index (χ4v) is 2.25. The largest absolute Gasteiger partial charge is 0.409 e. The Bertz CT molecular complexity index is 564. The van der Waals surface area contributed by atoms with Crippen molar-refractivity contribution in [2.24, 2.45) is 10.9 Å². The molecule has 0 aliphatic heterocycles. The molecular weight excluding hydrogens is 248 g/mol. The fourth-order valence-electron chi connectivity index (χ4n) is 1.89. The molecule has 0 fully saturated rings. The number of rotatable bonds is 5. The second kappa shape index (κ2) is 5.77. The lowest BCUT2D eigenvalue weighted by Gasteiger charge is -2.07. The van der Waals surface area contributed by atoms with Gasteiger partial charge >= 0.3 is 0 Å². The lowest BCUT2D eigenvalue weighted by atomic mass is 10.3. The number of amidine groups is 1. The highest BCUT2D eigenvalue weighted by Crippen LogP contribution is 2.17. The van der Waals surface area contributed by atoms with Gasteiger partial charge in [0.05, 0.1) is 17.5 Å². The highest BCUT2D eigenvalue weighted by Gasteiger charge is 2.11. The number of imidazole rings is 1. The third-order valence-electron chi connectivity index (χ3n) is 2.72. The fraction of sp³-hybridized carbons (Fsp3) is 0.333. The number of fused-ring (bicyclic) bond motifs is 1. The van der Waals surface area contributed by atoms with Crippen LogP contribution in [0, 0.1) is 0 Å². The van der Waals surface area contributed by atoms with Crippen LogP contribution >= 0.6 is 11.8 Å². The van der Waals surface area contributed by atoms with Crippen LogP contribution in [0.4, 0.5) is 0 Å². The number of benzene rings is 1. The molecule has 0 aliphatic rings. The molecule has 2 aromatic rings. The van der Waals surface area contributed by atoms with E-state index in [4.69, 9.17) is 10.9 Å². The molecule has 1 aromatic heterocycles. The molecule has 0 spiro atoms. The smallest absolute Gasteiger partial charge is 0.146 e. The molecule has 18 heavy (non-hydrogen) atoms. The Morgan fingerprint density at radius 3 is 3.00 bits per heavy atom. The Labute approximate surface area is 110 Å². The molecular formula is C12H16N4OS. The number of aromatic nitrogens is 2. The van der Waals surface area contributed by atoms with Gasteiger partial charge < -0.3 is 15.5 Å². The first-order valence-electron chi connectivity index (χ1n) is 5.65. The Kier molecular flexibility index (Phi) is 4.09. The number of para-hydroxylation sites is 2. The molecule has 2 rings (SSSR count). The lowest BCUT2D eigenvalue weighted by molar-refractivity contribution is 0.317. The second-order valence-corrected chi connectivity index (χ2v) is 4.91. The first kappa shape index (κ1) is 12.8. The Balaban J connectivity index is 2.42. The maximum Gasteiger partial charge on any atom is 0.146 e. The summed E-state index contributed by atoms with van der Waals surface area (Å²) in [5, 5.41) is 11.7. The van der Waals surface area contributed by atoms with E-state index < -0.39 is 0 Å². The Hall–Kier alpha value is -1.69. The van der Waals surface area contributed by atoms with Crippen molar-refractivity contribution < 1.29 is 5.21 Å². The van der Waals surface area contributed by atoms with Gasteiger partial charge in [0.25, 0.3) is 0 Å². The highest BCUT2D eigenvalue weighted by molar-refractivity contribution is 7.98. The van der Waals surface area contributed by atoms with Crippen LogP contribution in [0.5, 0.6) is 0 Å². The third-order valence-corrected chi connectivity index (χ3v) is 3.31. The zero-order valence-electron chi connectivity index (χ0n) is 10.2. The van der Waals surface area contributed by atoms with E-state index in [0.29, 0.717) is 6.42 Å². The maximum atomic E-state index is 8.66. The molecule has 3 N–H and O–H groups in total. The van der Waals surface area contributed by atoms with Crippen LogP contribution in [0.2, 0.25) is 0 Å². The van der Waals surface area contributed by atoms with Crippen LogP contribution < -0.4 is 5.73 Å². The second-order valence-electron chi connectivity index (χ2n) is 3.93. The van der Waals surface area contributed by atoms with Gasteiger partial charge in [-0.05, 0) is 18.4 Å². The summed E-state index contributed by atoms with van der Waals surface area (Å²) in [6.07, 6.45) is 2.43. The molecule has 6 heteroatoms. The topological polar surface area (TPSA) is 76.4 Å². The van der Waals surface area contributed by atoms with Crippen molar-refractivity contribution in [2.45, 2.75) is 13.0 Å². The normalized spacial score (nSPS) is 12.2. The van der Waals surface area contributed by atoms with Gasteiger partial charge in [0, 0.05) is 12.3 Å². The summed E-state index contributed by atoms with van der Waals surface area (Å²) in [4.78, 5) is 4.54. The summed E-state index contributed by atoms with van der Waals surface area (Å²) in [6.45, 7) is 0.871. The van der Waals surface area contributed by atoms with Gasteiger partial charge in [-0.3, -0.25) is 0 Å². The average molecular weight is 264 g/mol. The summed E-state index contributed by atoms with van der Waals surface area (Å²) < 4.78 is 2.13. The Morgan fingerprint density at radius 2 is 2.28 bits per heavy atom. The molecule has 0 aliphatic carbocycles. The number of nitrogens with two attached hydrogens (primary N) is 1. The van der Waals surface area contributed by atoms with E-state index in [0.717, 1.165) is 29.2 Å². The van der Waals surface area contributed by atoms with E-state index >= 15 is 0 Å². The van der Waals surface area contributed by atoms with Gasteiger partial charge in [-0.25, -0.2) is 4.98 Å². The minimum absolute atomic E-state index is 0.177. The summed E-state index contributed by atoms with van der Waals surface area (Å²) in [5.41, 5.74) is 7.60. The summed E-state index contributed by atoms with van der Waals surface area (Å²) in [7, 11) is 0. The van der Waals surface area contributed by atoms with Gasteiger partial charge in [-0.1, -0.05) is 17.3 Å². The molecule has 5 nitrogen and oxygen atoms in total. The van der Waals surface area contributed by atoms with Crippen LogP contribution in [0.15, 0.2) is 29.4 Å². The standard InChI is InChI=1S/C12H16N4OS/c1-18-7-6-16-10-5-3-2-4-9(10)14-12(16)8-11(13)15-17/h2-5,17H,6-8H2,1H3,(H2,13,15). The third kappa shape index (κ3) is 2.59. The summed E-state index contributed by atoms with van der Waals surface area (Å²) >= 11 is 1.78. The van der Waals surface area contributed by atoms with Gasteiger partial charge in [0.2, 0.25) is 0 Å². The number of aryl methyl sites for hydroxylation is 1. The highest BCUT2D eigenvalue weighted by atomic mass is 32.2. The predicted octanol–water partition coefficient (Wildman–Crippen LogP) is 1.69. The van der Waals surface area contributed by atoms with Crippen LogP contribution in [-0.4, -0.2) is 32.6 Å². The molecule has 1 heterocycles. The molecule has 96 valence electrons. The number of oxime groups is 1. The SMILES string of the molecule is CSCCn1c(C/C(N)=N/O)nc2ccccc21. The molecule has 0 amide bonds. The number of thioether (sulfide) groups is 1. The first-order chi connectivity index (χ1) is 8.76. The zero-order chi connectivity index (χ0) is 13.0. The van der Waals surface area contributed by atoms with Crippen LogP contribution in [0.25, 0.3) is 11.0 Å². The molecule has 0 bridgehead atoms. The quantitative estimate of drug-likeness (QED) is 0.373. The van der Waals surface area contributed by atoms with E-state index in [2.05, 4.69) is 21.0 Å². The maximum absolute atomic E-state index is 8.66. The van der Waals surface area contributed by atoms with Gasteiger partial charge in [0.15, 0.2) is 0 Å². The van der Waals surface area contributed by atoms with E-state index in [9.17, 15) is 0 Å². The zero-order valence-corrected chi connectivity index (χ0v) is 11.0. The minimum Gasteiger partial charge on any atom is -0.409 e. The van der Waals surface area contributed by atoms with Gasteiger partial charge in [-0.15, -0.1) is 0 Å². The van der Waals surface area contributed by atoms with Crippen LogP contribution in [-0.2, 0) is 13.0 Å². The minimum atomic E-state index is 0.177. The summed E-state index contributed by atoms with van der Waals surface area (Å²) in [5.74, 6) is 2.01. The molecule has 0 unspecified atom stereocenters. The lowest BCUT2D eigenvalue weighted by Crippen LogP contribution is -2.18. The molecule has 1 aromatic carbocycles. The van der Waals surface area contributed by atoms with Crippen molar-refractivity contribution in [1.82, 2.24) is 9.55 Å². The monoisotopic (exact) mass is 264 g/mol. The van der Waals surface area contributed by atoms with Crippen molar-refractivity contribution in [3.8, 4) is 0 Å². The van der Waals surface area contributed by atoms with E-state index in [-0.39, 0.29) is 5.84 Å². The molecule has 0 saturated carbocycles. The molecule has 0 radical (unpaired) electrons. The number of nitrogens with zero attached hydrogens (tertiary/aromatic N) is 3. The number of hydrogen-bond donors (Lipinski definition) is 2. The van der Waals surface area contributed by atoms with Crippen molar-refractivity contribution in [3.05, 3.63) is 30.1 Å². The van der Waals surface area contributed by atoms with Crippen molar-refractivity contribution in [2.75, 3.05) is 12.0 Å². The van der Waals surface area contributed by atoms with E-state index in [1.807, 2.05) is 24.3 Å². The van der Waals surface area contributed by atoms with Crippen molar-refractivity contribution >= 4 is 28.6 Å². The van der Waals surface area contributed by atoms with E-state index in [1.54, 1.807) is 11.8 Å². The predicted molar refractivity (Wildman–Crippen MR) is 75.2 cm³/mol.